The van der Waals surface area contributed by atoms with Crippen LogP contribution in [0.5, 0.6) is 0 Å². The monoisotopic (exact) mass is 313 g/mol. The molecule has 0 bridgehead atoms. The van der Waals surface area contributed by atoms with Crippen LogP contribution in [-0.4, -0.2) is 26.9 Å². The molecule has 1 rings (SSSR count). The fourth-order valence-corrected chi connectivity index (χ4v) is 3.72. The van der Waals surface area contributed by atoms with Gasteiger partial charge in [0.25, 0.3) is 0 Å². The maximum Gasteiger partial charge on any atom is 0.405 e. The quantitative estimate of drug-likeness (QED) is 0.886. The first-order valence-corrected chi connectivity index (χ1v) is 7.45. The van der Waals surface area contributed by atoms with Crippen LogP contribution in [0, 0.1) is 11.3 Å². The molecule has 0 saturated carbocycles. The van der Waals surface area contributed by atoms with E-state index < -0.39 is 27.5 Å². The minimum Gasteiger partial charge on any atom is -0.396 e. The topological polar surface area (TPSA) is 96.0 Å². The van der Waals surface area contributed by atoms with Crippen molar-refractivity contribution in [1.29, 1.82) is 5.26 Å². The number of sulfone groups is 1. The first-order valence-electron chi connectivity index (χ1n) is 4.98. The van der Waals surface area contributed by atoms with Crippen molar-refractivity contribution in [2.45, 2.75) is 18.0 Å². The Balaban J connectivity index is 3.29. The standard InChI is InChI=1S/C9H10F3N3O2S2/c1-2-19(16,17)7-6(14)5(3-13)18-8(7)15-4-9(10,11)12/h15H,2,4,14H2,1H3. The molecular weight excluding hydrogens is 303 g/mol. The van der Waals surface area contributed by atoms with Gasteiger partial charge in [-0.2, -0.15) is 18.4 Å². The van der Waals surface area contributed by atoms with Gasteiger partial charge in [0.05, 0.1) is 11.4 Å². The average Bonchev–Trinajstić information content (AvgIpc) is 2.62. The molecule has 3 N–H and O–H groups in total. The minimum absolute atomic E-state index is 0.128. The molecule has 1 aromatic heterocycles. The molecule has 0 aliphatic heterocycles. The number of nitrogen functional groups attached to an aromatic ring is 1. The van der Waals surface area contributed by atoms with Gasteiger partial charge in [-0.3, -0.25) is 0 Å². The van der Waals surface area contributed by atoms with Crippen LogP contribution >= 0.6 is 11.3 Å². The van der Waals surface area contributed by atoms with Crippen molar-refractivity contribution in [3.8, 4) is 6.07 Å². The lowest BCUT2D eigenvalue weighted by Crippen LogP contribution is -2.22. The molecule has 0 fully saturated rings. The van der Waals surface area contributed by atoms with E-state index in [1.54, 1.807) is 6.07 Å². The zero-order chi connectivity index (χ0) is 14.8. The Kier molecular flexibility index (Phi) is 4.32. The van der Waals surface area contributed by atoms with Crippen LogP contribution in [0.1, 0.15) is 11.8 Å². The van der Waals surface area contributed by atoms with Gasteiger partial charge in [-0.1, -0.05) is 6.92 Å². The van der Waals surface area contributed by atoms with Gasteiger partial charge >= 0.3 is 6.18 Å². The summed E-state index contributed by atoms with van der Waals surface area (Å²) in [7, 11) is -3.81. The summed E-state index contributed by atoms with van der Waals surface area (Å²) in [5.74, 6) is -0.320. The largest absolute Gasteiger partial charge is 0.405 e. The molecule has 0 atom stereocenters. The molecule has 1 aromatic rings. The third-order valence-electron chi connectivity index (χ3n) is 2.14. The van der Waals surface area contributed by atoms with Gasteiger partial charge in [0, 0.05) is 0 Å². The van der Waals surface area contributed by atoms with Crippen LogP contribution in [0.25, 0.3) is 0 Å². The second kappa shape index (κ2) is 5.26. The molecule has 0 unspecified atom stereocenters. The summed E-state index contributed by atoms with van der Waals surface area (Å²) in [6, 6.07) is 1.66. The van der Waals surface area contributed by atoms with E-state index in [1.165, 1.54) is 6.92 Å². The van der Waals surface area contributed by atoms with Gasteiger partial charge in [-0.15, -0.1) is 11.3 Å². The second-order valence-electron chi connectivity index (χ2n) is 3.49. The summed E-state index contributed by atoms with van der Waals surface area (Å²) in [5, 5.41) is 10.5. The van der Waals surface area contributed by atoms with Crippen molar-refractivity contribution < 1.29 is 21.6 Å². The van der Waals surface area contributed by atoms with Crippen molar-refractivity contribution in [3.05, 3.63) is 4.88 Å². The number of hydrogen-bond donors (Lipinski definition) is 2. The summed E-state index contributed by atoms with van der Waals surface area (Å²) in [4.78, 5) is -0.558. The van der Waals surface area contributed by atoms with E-state index in [4.69, 9.17) is 11.0 Å². The lowest BCUT2D eigenvalue weighted by Gasteiger charge is -2.10. The molecule has 0 spiro atoms. The molecule has 5 nitrogen and oxygen atoms in total. The van der Waals surface area contributed by atoms with Crippen LogP contribution < -0.4 is 11.1 Å². The molecule has 1 heterocycles. The molecule has 106 valence electrons. The number of alkyl halides is 3. The number of nitrogens with one attached hydrogen (secondary N) is 1. The van der Waals surface area contributed by atoms with Gasteiger partial charge in [0.1, 0.15) is 27.4 Å². The number of thiophene rings is 1. The molecule has 10 heteroatoms. The highest BCUT2D eigenvalue weighted by atomic mass is 32.2. The predicted molar refractivity (Wildman–Crippen MR) is 65.7 cm³/mol. The van der Waals surface area contributed by atoms with Crippen molar-refractivity contribution >= 4 is 31.9 Å². The highest BCUT2D eigenvalue weighted by Crippen LogP contribution is 2.39. The van der Waals surface area contributed by atoms with Crippen LogP contribution in [-0.2, 0) is 9.84 Å². The molecule has 0 aliphatic rings. The third kappa shape index (κ3) is 3.51. The summed E-state index contributed by atoms with van der Waals surface area (Å²) in [6.07, 6.45) is -4.50. The summed E-state index contributed by atoms with van der Waals surface area (Å²) < 4.78 is 60.0. The van der Waals surface area contributed by atoms with Gasteiger partial charge in [0.2, 0.25) is 0 Å². The second-order valence-corrected chi connectivity index (χ2v) is 6.72. The maximum absolute atomic E-state index is 12.1. The predicted octanol–water partition coefficient (Wildman–Crippen LogP) is 1.97. The van der Waals surface area contributed by atoms with Gasteiger partial charge in [-0.25, -0.2) is 8.42 Å². The van der Waals surface area contributed by atoms with Crippen molar-refractivity contribution in [3.63, 3.8) is 0 Å². The van der Waals surface area contributed by atoms with Crippen molar-refractivity contribution in [1.82, 2.24) is 0 Å². The highest BCUT2D eigenvalue weighted by Gasteiger charge is 2.31. The molecule has 0 aromatic carbocycles. The number of nitrogens with two attached hydrogens (primary N) is 1. The van der Waals surface area contributed by atoms with E-state index in [9.17, 15) is 21.6 Å². The molecule has 0 aliphatic carbocycles. The zero-order valence-electron chi connectivity index (χ0n) is 9.71. The van der Waals surface area contributed by atoms with Crippen LogP contribution in [0.15, 0.2) is 4.90 Å². The number of nitriles is 1. The third-order valence-corrected chi connectivity index (χ3v) is 5.14. The molecular formula is C9H10F3N3O2S2. The Bertz CT molecular complexity index is 614. The van der Waals surface area contributed by atoms with E-state index in [-0.39, 0.29) is 21.3 Å². The Labute approximate surface area is 111 Å². The van der Waals surface area contributed by atoms with Gasteiger partial charge < -0.3 is 11.1 Å². The lowest BCUT2D eigenvalue weighted by atomic mass is 10.4. The fraction of sp³-hybridized carbons (Fsp3) is 0.444. The van der Waals surface area contributed by atoms with E-state index in [2.05, 4.69) is 0 Å². The summed E-state index contributed by atoms with van der Waals surface area (Å²) in [5.41, 5.74) is 5.20. The summed E-state index contributed by atoms with van der Waals surface area (Å²) in [6.45, 7) is -0.0594. The zero-order valence-corrected chi connectivity index (χ0v) is 11.3. The Morgan fingerprint density at radius 3 is 2.47 bits per heavy atom. The van der Waals surface area contributed by atoms with E-state index >= 15 is 0 Å². The van der Waals surface area contributed by atoms with Gasteiger partial charge in [0.15, 0.2) is 9.84 Å². The van der Waals surface area contributed by atoms with Crippen molar-refractivity contribution in [2.24, 2.45) is 0 Å². The maximum atomic E-state index is 12.1. The van der Waals surface area contributed by atoms with Crippen LogP contribution in [0.4, 0.5) is 23.9 Å². The smallest absolute Gasteiger partial charge is 0.396 e. The number of rotatable bonds is 4. The van der Waals surface area contributed by atoms with E-state index in [0.717, 1.165) is 0 Å². The molecule has 0 saturated heterocycles. The van der Waals surface area contributed by atoms with E-state index in [1.807, 2.05) is 5.32 Å². The average molecular weight is 313 g/mol. The Morgan fingerprint density at radius 2 is 2.05 bits per heavy atom. The van der Waals surface area contributed by atoms with E-state index in [0.29, 0.717) is 11.3 Å². The Hall–Kier alpha value is -1.47. The number of anilines is 2. The number of halogens is 3. The summed E-state index contributed by atoms with van der Waals surface area (Å²) >= 11 is 0.593. The Morgan fingerprint density at radius 1 is 1.47 bits per heavy atom. The first-order chi connectivity index (χ1) is 8.62. The first kappa shape index (κ1) is 15.6. The van der Waals surface area contributed by atoms with Crippen LogP contribution in [0.2, 0.25) is 0 Å². The number of nitrogens with zero attached hydrogens (tertiary/aromatic N) is 1. The SMILES string of the molecule is CCS(=O)(=O)c1c(NCC(F)(F)F)sc(C#N)c1N. The number of hydrogen-bond acceptors (Lipinski definition) is 6. The normalized spacial score (nSPS) is 12.2. The molecule has 19 heavy (non-hydrogen) atoms. The van der Waals surface area contributed by atoms with Gasteiger partial charge in [-0.05, 0) is 0 Å². The molecule has 0 amide bonds. The van der Waals surface area contributed by atoms with Crippen molar-refractivity contribution in [2.75, 3.05) is 23.3 Å². The fourth-order valence-electron chi connectivity index (χ4n) is 1.26. The lowest BCUT2D eigenvalue weighted by molar-refractivity contribution is -0.115. The minimum atomic E-state index is -4.50. The van der Waals surface area contributed by atoms with Crippen LogP contribution in [0.3, 0.4) is 0 Å². The molecule has 0 radical (unpaired) electrons. The highest BCUT2D eigenvalue weighted by molar-refractivity contribution is 7.91.